The van der Waals surface area contributed by atoms with Crippen molar-refractivity contribution in [3.8, 4) is 16.9 Å². The Balaban J connectivity index is 1.67. The Morgan fingerprint density at radius 2 is 1.53 bits per heavy atom. The zero-order chi connectivity index (χ0) is 22.6. The molecule has 0 saturated carbocycles. The van der Waals surface area contributed by atoms with Crippen LogP contribution in [0.4, 0.5) is 0 Å². The fourth-order valence-electron chi connectivity index (χ4n) is 3.62. The van der Waals surface area contributed by atoms with Gasteiger partial charge in [-0.2, -0.15) is 5.10 Å². The largest absolute Gasteiger partial charge is 0.233 e. The van der Waals surface area contributed by atoms with E-state index in [2.05, 4.69) is 107 Å². The van der Waals surface area contributed by atoms with Crippen molar-refractivity contribution in [3.05, 3.63) is 102 Å². The molecule has 0 bridgehead atoms. The van der Waals surface area contributed by atoms with E-state index in [0.717, 1.165) is 28.4 Å². The molecule has 0 fully saturated rings. The highest BCUT2D eigenvalue weighted by molar-refractivity contribution is 7.99. The Hall–Kier alpha value is -3.04. The summed E-state index contributed by atoms with van der Waals surface area (Å²) in [4.78, 5) is 1.29. The second kappa shape index (κ2) is 9.62. The topological polar surface area (TPSA) is 17.8 Å². The maximum atomic E-state index is 4.91. The number of hydrogen-bond acceptors (Lipinski definition) is 2. The predicted octanol–water partition coefficient (Wildman–Crippen LogP) is 8.12. The van der Waals surface area contributed by atoms with Crippen molar-refractivity contribution in [1.82, 2.24) is 9.78 Å². The van der Waals surface area contributed by atoms with Gasteiger partial charge in [-0.1, -0.05) is 88.4 Å². The quantitative estimate of drug-likeness (QED) is 0.283. The molecule has 3 heteroatoms. The van der Waals surface area contributed by atoms with E-state index in [9.17, 15) is 0 Å². The third-order valence-electron chi connectivity index (χ3n) is 5.41. The van der Waals surface area contributed by atoms with E-state index in [1.165, 1.54) is 16.0 Å². The normalized spacial score (nSPS) is 11.9. The molecule has 0 spiro atoms. The minimum absolute atomic E-state index is 0.163. The molecular weight excluding hydrogens is 408 g/mol. The molecular formula is C29H30N2S. The van der Waals surface area contributed by atoms with Crippen LogP contribution in [-0.4, -0.2) is 15.5 Å². The standard InChI is InChI=1S/C29H30N2S/c1-5-32-27-19-14-23(15-20-27)28-21-25(30-31(28)26-9-7-6-8-10-26)18-13-22-11-16-24(17-12-22)29(2,3)4/h6-21H,5H2,1-4H3. The monoisotopic (exact) mass is 438 g/mol. The van der Waals surface area contributed by atoms with E-state index in [1.54, 1.807) is 0 Å². The van der Waals surface area contributed by atoms with Crippen LogP contribution in [-0.2, 0) is 5.41 Å². The molecule has 0 unspecified atom stereocenters. The van der Waals surface area contributed by atoms with Gasteiger partial charge in [-0.05, 0) is 58.7 Å². The summed E-state index contributed by atoms with van der Waals surface area (Å²) in [5.41, 5.74) is 6.93. The first-order chi connectivity index (χ1) is 15.4. The Kier molecular flexibility index (Phi) is 6.66. The molecule has 0 aliphatic heterocycles. The summed E-state index contributed by atoms with van der Waals surface area (Å²) in [6.45, 7) is 8.90. The van der Waals surface area contributed by atoms with Crippen molar-refractivity contribution in [2.24, 2.45) is 0 Å². The van der Waals surface area contributed by atoms with Gasteiger partial charge < -0.3 is 0 Å². The maximum absolute atomic E-state index is 4.91. The van der Waals surface area contributed by atoms with Crippen LogP contribution in [0.15, 0.2) is 89.8 Å². The van der Waals surface area contributed by atoms with Gasteiger partial charge in [-0.25, -0.2) is 4.68 Å². The minimum Gasteiger partial charge on any atom is -0.233 e. The summed E-state index contributed by atoms with van der Waals surface area (Å²) >= 11 is 1.86. The minimum atomic E-state index is 0.163. The first kappa shape index (κ1) is 22.2. The van der Waals surface area contributed by atoms with Crippen molar-refractivity contribution in [3.63, 3.8) is 0 Å². The van der Waals surface area contributed by atoms with Crippen LogP contribution < -0.4 is 0 Å². The van der Waals surface area contributed by atoms with Crippen molar-refractivity contribution in [1.29, 1.82) is 0 Å². The lowest BCUT2D eigenvalue weighted by atomic mass is 9.87. The number of benzene rings is 3. The molecule has 3 aromatic carbocycles. The highest BCUT2D eigenvalue weighted by atomic mass is 32.2. The van der Waals surface area contributed by atoms with Crippen molar-refractivity contribution in [2.75, 3.05) is 5.75 Å². The lowest BCUT2D eigenvalue weighted by Gasteiger charge is -2.18. The van der Waals surface area contributed by atoms with Crippen molar-refractivity contribution < 1.29 is 0 Å². The number of para-hydroxylation sites is 1. The smallest absolute Gasteiger partial charge is 0.0862 e. The molecule has 0 saturated heterocycles. The van der Waals surface area contributed by atoms with Gasteiger partial charge in [0.15, 0.2) is 0 Å². The molecule has 0 aliphatic carbocycles. The van der Waals surface area contributed by atoms with Crippen LogP contribution in [0.3, 0.4) is 0 Å². The van der Waals surface area contributed by atoms with E-state index in [0.29, 0.717) is 0 Å². The van der Waals surface area contributed by atoms with Crippen LogP contribution >= 0.6 is 11.8 Å². The molecule has 0 radical (unpaired) electrons. The number of nitrogens with zero attached hydrogens (tertiary/aromatic N) is 2. The van der Waals surface area contributed by atoms with Gasteiger partial charge in [0.2, 0.25) is 0 Å². The number of aromatic nitrogens is 2. The third-order valence-corrected chi connectivity index (χ3v) is 6.31. The highest BCUT2D eigenvalue weighted by Gasteiger charge is 2.13. The summed E-state index contributed by atoms with van der Waals surface area (Å²) in [6, 6.07) is 30.0. The van der Waals surface area contributed by atoms with Crippen molar-refractivity contribution in [2.45, 2.75) is 38.0 Å². The molecule has 4 aromatic rings. The Morgan fingerprint density at radius 3 is 2.16 bits per heavy atom. The van der Waals surface area contributed by atoms with E-state index < -0.39 is 0 Å². The van der Waals surface area contributed by atoms with E-state index in [-0.39, 0.29) is 5.41 Å². The summed E-state index contributed by atoms with van der Waals surface area (Å²) in [7, 11) is 0. The second-order valence-electron chi connectivity index (χ2n) is 8.86. The molecule has 4 rings (SSSR count). The molecule has 0 N–H and O–H groups in total. The molecule has 1 heterocycles. The molecule has 0 atom stereocenters. The Bertz CT molecular complexity index is 1180. The SMILES string of the molecule is CCSc1ccc(-c2cc(C=Cc3ccc(C(C)(C)C)cc3)nn2-c2ccccc2)cc1. The van der Waals surface area contributed by atoms with E-state index in [1.807, 2.05) is 34.6 Å². The zero-order valence-electron chi connectivity index (χ0n) is 19.2. The van der Waals surface area contributed by atoms with Gasteiger partial charge in [-0.15, -0.1) is 11.8 Å². The fourth-order valence-corrected chi connectivity index (χ4v) is 4.28. The maximum Gasteiger partial charge on any atom is 0.0862 e. The van der Waals surface area contributed by atoms with Gasteiger partial charge in [-0.3, -0.25) is 0 Å². The lowest BCUT2D eigenvalue weighted by molar-refractivity contribution is 0.590. The molecule has 0 amide bonds. The van der Waals surface area contributed by atoms with Gasteiger partial charge in [0.25, 0.3) is 0 Å². The van der Waals surface area contributed by atoms with Gasteiger partial charge >= 0.3 is 0 Å². The van der Waals surface area contributed by atoms with Crippen LogP contribution in [0.1, 0.15) is 44.5 Å². The zero-order valence-corrected chi connectivity index (χ0v) is 20.1. The van der Waals surface area contributed by atoms with Gasteiger partial charge in [0.1, 0.15) is 0 Å². The Labute approximate surface area is 196 Å². The Morgan fingerprint density at radius 1 is 0.844 bits per heavy atom. The van der Waals surface area contributed by atoms with Crippen LogP contribution in [0.25, 0.3) is 29.1 Å². The summed E-state index contributed by atoms with van der Waals surface area (Å²) in [6.07, 6.45) is 4.23. The third kappa shape index (κ3) is 5.23. The molecule has 2 nitrogen and oxygen atoms in total. The molecule has 1 aromatic heterocycles. The van der Waals surface area contributed by atoms with E-state index in [4.69, 9.17) is 5.10 Å². The van der Waals surface area contributed by atoms with Crippen LogP contribution in [0, 0.1) is 0 Å². The second-order valence-corrected chi connectivity index (χ2v) is 10.2. The highest BCUT2D eigenvalue weighted by Crippen LogP contribution is 2.28. The number of hydrogen-bond donors (Lipinski definition) is 0. The van der Waals surface area contributed by atoms with E-state index >= 15 is 0 Å². The number of rotatable bonds is 6. The molecule has 0 aliphatic rings. The average molecular weight is 439 g/mol. The summed E-state index contributed by atoms with van der Waals surface area (Å²) in [5, 5.41) is 4.91. The van der Waals surface area contributed by atoms with Gasteiger partial charge in [0, 0.05) is 10.5 Å². The number of thioether (sulfide) groups is 1. The van der Waals surface area contributed by atoms with Crippen LogP contribution in [0.2, 0.25) is 0 Å². The summed E-state index contributed by atoms with van der Waals surface area (Å²) in [5.74, 6) is 1.08. The summed E-state index contributed by atoms with van der Waals surface area (Å²) < 4.78 is 2.03. The fraction of sp³-hybridized carbons (Fsp3) is 0.207. The van der Waals surface area contributed by atoms with Crippen molar-refractivity contribution >= 4 is 23.9 Å². The average Bonchev–Trinajstić information content (AvgIpc) is 3.23. The lowest BCUT2D eigenvalue weighted by Crippen LogP contribution is -2.10. The first-order valence-corrected chi connectivity index (χ1v) is 12.1. The molecule has 162 valence electrons. The predicted molar refractivity (Wildman–Crippen MR) is 139 cm³/mol. The van der Waals surface area contributed by atoms with Crippen LogP contribution in [0.5, 0.6) is 0 Å². The molecule has 32 heavy (non-hydrogen) atoms. The first-order valence-electron chi connectivity index (χ1n) is 11.1. The van der Waals surface area contributed by atoms with Gasteiger partial charge in [0.05, 0.1) is 17.1 Å².